The summed E-state index contributed by atoms with van der Waals surface area (Å²) in [6.45, 7) is 0. The highest BCUT2D eigenvalue weighted by Gasteiger charge is 2.20. The monoisotopic (exact) mass is 198 g/mol. The van der Waals surface area contributed by atoms with Crippen LogP contribution in [0.5, 0.6) is 0 Å². The average Bonchev–Trinajstić information content (AvgIpc) is 2.82. The van der Waals surface area contributed by atoms with E-state index in [0.717, 1.165) is 11.3 Å². The fraction of sp³-hybridized carbons (Fsp3) is 0.167. The van der Waals surface area contributed by atoms with E-state index in [4.69, 9.17) is 4.42 Å². The molecule has 0 fully saturated rings. The van der Waals surface area contributed by atoms with Crippen LogP contribution in [0.2, 0.25) is 0 Å². The lowest BCUT2D eigenvalue weighted by Crippen LogP contribution is -2.15. The fourth-order valence-electron chi connectivity index (χ4n) is 1.87. The van der Waals surface area contributed by atoms with Crippen LogP contribution in [0.1, 0.15) is 5.76 Å². The molecule has 74 valence electrons. The van der Waals surface area contributed by atoms with Crippen molar-refractivity contribution in [1.29, 1.82) is 0 Å². The molecule has 0 radical (unpaired) electrons. The number of oxazole rings is 1. The second-order valence-electron chi connectivity index (χ2n) is 3.64. The number of hydrogen-bond acceptors (Lipinski definition) is 3. The zero-order valence-electron chi connectivity index (χ0n) is 8.08. The van der Waals surface area contributed by atoms with Crippen molar-refractivity contribution in [2.24, 2.45) is 16.8 Å². The zero-order valence-corrected chi connectivity index (χ0v) is 8.08. The smallest absolute Gasteiger partial charge is 0.181 e. The van der Waals surface area contributed by atoms with Crippen LogP contribution in [0.25, 0.3) is 5.57 Å². The van der Waals surface area contributed by atoms with Gasteiger partial charge < -0.3 is 4.42 Å². The van der Waals surface area contributed by atoms with Crippen molar-refractivity contribution in [3.8, 4) is 0 Å². The number of nitrogens with zero attached hydrogens (tertiary/aromatic N) is 2. The van der Waals surface area contributed by atoms with Crippen LogP contribution in [-0.4, -0.2) is 11.2 Å². The molecule has 3 rings (SSSR count). The molecule has 2 heterocycles. The van der Waals surface area contributed by atoms with Crippen molar-refractivity contribution in [2.75, 3.05) is 0 Å². The van der Waals surface area contributed by atoms with Crippen LogP contribution in [0.4, 0.5) is 0 Å². The van der Waals surface area contributed by atoms with Gasteiger partial charge in [-0.3, -0.25) is 4.99 Å². The molecule has 0 saturated carbocycles. The van der Waals surface area contributed by atoms with Gasteiger partial charge in [0.15, 0.2) is 12.2 Å². The lowest BCUT2D eigenvalue weighted by molar-refractivity contribution is 0.544. The van der Waals surface area contributed by atoms with Crippen LogP contribution in [0.15, 0.2) is 52.5 Å². The van der Waals surface area contributed by atoms with E-state index in [1.165, 1.54) is 6.39 Å². The van der Waals surface area contributed by atoms with Gasteiger partial charge in [0.05, 0.1) is 6.20 Å². The highest BCUT2D eigenvalue weighted by molar-refractivity contribution is 5.77. The van der Waals surface area contributed by atoms with Gasteiger partial charge >= 0.3 is 0 Å². The Bertz CT molecular complexity index is 466. The molecule has 0 saturated heterocycles. The largest absolute Gasteiger partial charge is 0.444 e. The maximum atomic E-state index is 5.26. The Labute approximate surface area is 87.5 Å². The maximum absolute atomic E-state index is 5.26. The van der Waals surface area contributed by atoms with Gasteiger partial charge in [0, 0.05) is 29.8 Å². The Morgan fingerprint density at radius 2 is 2.20 bits per heavy atom. The van der Waals surface area contributed by atoms with Gasteiger partial charge in [0.25, 0.3) is 0 Å². The molecule has 0 spiro atoms. The number of aliphatic imine (C=N–C) groups is 1. The Kier molecular flexibility index (Phi) is 1.88. The van der Waals surface area contributed by atoms with E-state index >= 15 is 0 Å². The van der Waals surface area contributed by atoms with Gasteiger partial charge in [-0.15, -0.1) is 0 Å². The van der Waals surface area contributed by atoms with Gasteiger partial charge in [0.2, 0.25) is 0 Å². The van der Waals surface area contributed by atoms with Crippen molar-refractivity contribution in [3.05, 3.63) is 48.9 Å². The first kappa shape index (κ1) is 8.41. The molecule has 1 aromatic heterocycles. The normalized spacial score (nSPS) is 27.6. The molecule has 0 N–H and O–H groups in total. The molecule has 3 heteroatoms. The summed E-state index contributed by atoms with van der Waals surface area (Å²) in [5.41, 5.74) is 1.09. The standard InChI is InChI=1S/C12H10N2O/c1-2-11-6-13-4-3-9(11)5-10(1)12-7-14-8-15-12/h1-9,11H. The third-order valence-electron chi connectivity index (χ3n) is 2.68. The molecule has 2 unspecified atom stereocenters. The minimum atomic E-state index is 0.390. The van der Waals surface area contributed by atoms with Gasteiger partial charge in [-0.05, 0) is 0 Å². The van der Waals surface area contributed by atoms with Gasteiger partial charge in [-0.25, -0.2) is 4.98 Å². The summed E-state index contributed by atoms with van der Waals surface area (Å²) in [5, 5.41) is 0. The lowest BCUT2D eigenvalue weighted by Gasteiger charge is -2.21. The molecule has 1 aromatic rings. The third-order valence-corrected chi connectivity index (χ3v) is 2.68. The Morgan fingerprint density at radius 3 is 3.07 bits per heavy atom. The fourth-order valence-corrected chi connectivity index (χ4v) is 1.87. The molecule has 0 bridgehead atoms. The first-order valence-electron chi connectivity index (χ1n) is 4.92. The molecule has 0 aromatic carbocycles. The summed E-state index contributed by atoms with van der Waals surface area (Å²) in [4.78, 5) is 8.04. The second kappa shape index (κ2) is 3.35. The van der Waals surface area contributed by atoms with Crippen molar-refractivity contribution in [1.82, 2.24) is 4.98 Å². The van der Waals surface area contributed by atoms with Gasteiger partial charge in [-0.1, -0.05) is 24.3 Å². The van der Waals surface area contributed by atoms with E-state index in [-0.39, 0.29) is 0 Å². The zero-order chi connectivity index (χ0) is 10.1. The molecule has 15 heavy (non-hydrogen) atoms. The number of rotatable bonds is 1. The lowest BCUT2D eigenvalue weighted by atomic mass is 9.85. The number of aromatic nitrogens is 1. The highest BCUT2D eigenvalue weighted by atomic mass is 16.3. The minimum Gasteiger partial charge on any atom is -0.444 e. The Balaban J connectivity index is 1.95. The molecule has 2 aliphatic rings. The van der Waals surface area contributed by atoms with E-state index in [1.54, 1.807) is 6.20 Å². The highest BCUT2D eigenvalue weighted by Crippen LogP contribution is 2.29. The predicted molar refractivity (Wildman–Crippen MR) is 58.2 cm³/mol. The van der Waals surface area contributed by atoms with Gasteiger partial charge in [0.1, 0.15) is 0 Å². The number of fused-ring (bicyclic) bond motifs is 1. The summed E-state index contributed by atoms with van der Waals surface area (Å²) in [6, 6.07) is 0. The molecule has 2 atom stereocenters. The number of hydrogen-bond donors (Lipinski definition) is 0. The average molecular weight is 198 g/mol. The van der Waals surface area contributed by atoms with Crippen molar-refractivity contribution in [2.45, 2.75) is 0 Å². The van der Waals surface area contributed by atoms with Crippen molar-refractivity contribution < 1.29 is 4.42 Å². The topological polar surface area (TPSA) is 38.4 Å². The first-order valence-corrected chi connectivity index (χ1v) is 4.92. The van der Waals surface area contributed by atoms with E-state index in [2.05, 4.69) is 34.3 Å². The van der Waals surface area contributed by atoms with Gasteiger partial charge in [-0.2, -0.15) is 0 Å². The van der Waals surface area contributed by atoms with Crippen LogP contribution < -0.4 is 0 Å². The minimum absolute atomic E-state index is 0.390. The predicted octanol–water partition coefficient (Wildman–Crippen LogP) is 2.46. The second-order valence-corrected chi connectivity index (χ2v) is 3.64. The molecule has 0 amide bonds. The molecule has 1 aliphatic carbocycles. The number of allylic oxidation sites excluding steroid dienone is 5. The quantitative estimate of drug-likeness (QED) is 0.695. The molecular weight excluding hydrogens is 188 g/mol. The summed E-state index contributed by atoms with van der Waals surface area (Å²) >= 11 is 0. The van der Waals surface area contributed by atoms with E-state index in [0.29, 0.717) is 11.8 Å². The van der Waals surface area contributed by atoms with E-state index < -0.39 is 0 Å². The Hall–Kier alpha value is -1.90. The SMILES string of the molecule is C1=CC2C=C(c3cnco3)C=CC2C=N1. The molecule has 1 aliphatic heterocycles. The maximum Gasteiger partial charge on any atom is 0.181 e. The summed E-state index contributed by atoms with van der Waals surface area (Å²) in [7, 11) is 0. The third kappa shape index (κ3) is 1.46. The molecular formula is C12H10N2O. The summed E-state index contributed by atoms with van der Waals surface area (Å²) < 4.78 is 5.26. The van der Waals surface area contributed by atoms with Crippen LogP contribution in [-0.2, 0) is 0 Å². The van der Waals surface area contributed by atoms with Crippen LogP contribution in [0.3, 0.4) is 0 Å². The molecule has 3 nitrogen and oxygen atoms in total. The first-order chi connectivity index (χ1) is 7.43. The van der Waals surface area contributed by atoms with E-state index in [1.807, 2.05) is 12.4 Å². The van der Waals surface area contributed by atoms with Crippen LogP contribution in [0, 0.1) is 11.8 Å². The van der Waals surface area contributed by atoms with Crippen LogP contribution >= 0.6 is 0 Å². The summed E-state index contributed by atoms with van der Waals surface area (Å²) in [5.74, 6) is 1.61. The summed E-state index contributed by atoms with van der Waals surface area (Å²) in [6.07, 6.45) is 15.5. The van der Waals surface area contributed by atoms with Crippen molar-refractivity contribution in [3.63, 3.8) is 0 Å². The van der Waals surface area contributed by atoms with Crippen molar-refractivity contribution >= 4 is 11.8 Å². The Morgan fingerprint density at radius 1 is 1.20 bits per heavy atom. The van der Waals surface area contributed by atoms with E-state index in [9.17, 15) is 0 Å².